The standard InChI is InChI=1S/C24H30N2O4S/c1-18-6-7-20(16-23(18)31(28,29)26-13-4-3-5-14-26)24(27)25-15-12-21(17-25)19-8-10-22(30-2)11-9-19/h6-11,16,21H,3-5,12-15,17H2,1-2H3. The first-order valence-corrected chi connectivity index (χ1v) is 12.4. The largest absolute Gasteiger partial charge is 0.497 e. The summed E-state index contributed by atoms with van der Waals surface area (Å²) in [5.41, 5.74) is 2.31. The maximum absolute atomic E-state index is 13.2. The Labute approximate surface area is 184 Å². The topological polar surface area (TPSA) is 66.9 Å². The molecule has 0 N–H and O–H groups in total. The van der Waals surface area contributed by atoms with Gasteiger partial charge in [-0.05, 0) is 61.6 Å². The van der Waals surface area contributed by atoms with Gasteiger partial charge in [0.2, 0.25) is 10.0 Å². The van der Waals surface area contributed by atoms with Crippen LogP contribution in [0.2, 0.25) is 0 Å². The van der Waals surface area contributed by atoms with Gasteiger partial charge >= 0.3 is 0 Å². The fraction of sp³-hybridized carbons (Fsp3) is 0.458. The van der Waals surface area contributed by atoms with Gasteiger partial charge in [0.1, 0.15) is 5.75 Å². The predicted octanol–water partition coefficient (Wildman–Crippen LogP) is 3.81. The van der Waals surface area contributed by atoms with Crippen molar-refractivity contribution < 1.29 is 17.9 Å². The molecule has 0 spiro atoms. The van der Waals surface area contributed by atoms with E-state index in [1.807, 2.05) is 29.2 Å². The van der Waals surface area contributed by atoms with Crippen molar-refractivity contribution in [1.82, 2.24) is 9.21 Å². The lowest BCUT2D eigenvalue weighted by Gasteiger charge is -2.27. The average Bonchev–Trinajstić information content (AvgIpc) is 3.30. The average molecular weight is 443 g/mol. The maximum Gasteiger partial charge on any atom is 0.253 e. The van der Waals surface area contributed by atoms with Crippen molar-refractivity contribution in [3.63, 3.8) is 0 Å². The van der Waals surface area contributed by atoms with Crippen LogP contribution in [0.5, 0.6) is 5.75 Å². The summed E-state index contributed by atoms with van der Waals surface area (Å²) < 4.78 is 33.2. The van der Waals surface area contributed by atoms with E-state index in [-0.39, 0.29) is 16.7 Å². The summed E-state index contributed by atoms with van der Waals surface area (Å²) in [4.78, 5) is 15.3. The molecule has 0 aliphatic carbocycles. The number of benzene rings is 2. The van der Waals surface area contributed by atoms with Crippen molar-refractivity contribution in [2.45, 2.75) is 43.4 Å². The Balaban J connectivity index is 1.52. The summed E-state index contributed by atoms with van der Waals surface area (Å²) in [7, 11) is -1.94. The van der Waals surface area contributed by atoms with Crippen LogP contribution >= 0.6 is 0 Å². The highest BCUT2D eigenvalue weighted by Gasteiger charge is 2.31. The SMILES string of the molecule is COc1ccc(C2CCN(C(=O)c3ccc(C)c(S(=O)(=O)N4CCCCC4)c3)C2)cc1. The number of likely N-dealkylation sites (tertiary alicyclic amines) is 1. The van der Waals surface area contributed by atoms with E-state index < -0.39 is 10.0 Å². The molecule has 31 heavy (non-hydrogen) atoms. The first kappa shape index (κ1) is 21.8. The second-order valence-electron chi connectivity index (χ2n) is 8.45. The molecular weight excluding hydrogens is 412 g/mol. The quantitative estimate of drug-likeness (QED) is 0.706. The van der Waals surface area contributed by atoms with Crippen LogP contribution < -0.4 is 4.74 Å². The number of rotatable bonds is 5. The summed E-state index contributed by atoms with van der Waals surface area (Å²) in [6.07, 6.45) is 3.73. The van der Waals surface area contributed by atoms with Gasteiger partial charge in [-0.25, -0.2) is 8.42 Å². The minimum Gasteiger partial charge on any atom is -0.497 e. The number of piperidine rings is 1. The third kappa shape index (κ3) is 4.48. The van der Waals surface area contributed by atoms with Gasteiger partial charge in [0, 0.05) is 37.7 Å². The van der Waals surface area contributed by atoms with E-state index in [1.54, 1.807) is 36.5 Å². The van der Waals surface area contributed by atoms with Crippen molar-refractivity contribution in [2.24, 2.45) is 0 Å². The number of aryl methyl sites for hydroxylation is 1. The third-order valence-corrected chi connectivity index (χ3v) is 8.47. The summed E-state index contributed by atoms with van der Waals surface area (Å²) in [5, 5.41) is 0. The fourth-order valence-electron chi connectivity index (χ4n) is 4.53. The van der Waals surface area contributed by atoms with Crippen molar-refractivity contribution in [1.29, 1.82) is 0 Å². The predicted molar refractivity (Wildman–Crippen MR) is 120 cm³/mol. The molecular formula is C24H30N2O4S. The molecule has 0 radical (unpaired) electrons. The molecule has 2 aliphatic heterocycles. The van der Waals surface area contributed by atoms with Crippen LogP contribution in [0.25, 0.3) is 0 Å². The highest BCUT2D eigenvalue weighted by Crippen LogP contribution is 2.30. The van der Waals surface area contributed by atoms with Crippen molar-refractivity contribution in [3.05, 3.63) is 59.2 Å². The van der Waals surface area contributed by atoms with Crippen LogP contribution in [-0.2, 0) is 10.0 Å². The summed E-state index contributed by atoms with van der Waals surface area (Å²) in [6.45, 7) is 4.19. The Bertz CT molecular complexity index is 1040. The van der Waals surface area contributed by atoms with E-state index in [0.717, 1.165) is 31.4 Å². The Morgan fingerprint density at radius 3 is 2.39 bits per heavy atom. The Morgan fingerprint density at radius 1 is 1.00 bits per heavy atom. The van der Waals surface area contributed by atoms with Gasteiger partial charge < -0.3 is 9.64 Å². The number of ether oxygens (including phenoxy) is 1. The molecule has 1 amide bonds. The molecule has 2 saturated heterocycles. The van der Waals surface area contributed by atoms with Crippen molar-refractivity contribution >= 4 is 15.9 Å². The molecule has 6 nitrogen and oxygen atoms in total. The summed E-state index contributed by atoms with van der Waals surface area (Å²) >= 11 is 0. The molecule has 2 aliphatic rings. The smallest absolute Gasteiger partial charge is 0.253 e. The van der Waals surface area contributed by atoms with Crippen LogP contribution in [0.3, 0.4) is 0 Å². The van der Waals surface area contributed by atoms with E-state index in [9.17, 15) is 13.2 Å². The van der Waals surface area contributed by atoms with Gasteiger partial charge in [-0.15, -0.1) is 0 Å². The van der Waals surface area contributed by atoms with Gasteiger partial charge in [-0.3, -0.25) is 4.79 Å². The van der Waals surface area contributed by atoms with Crippen LogP contribution in [-0.4, -0.2) is 56.8 Å². The number of amides is 1. The van der Waals surface area contributed by atoms with E-state index in [2.05, 4.69) is 0 Å². The number of methoxy groups -OCH3 is 1. The molecule has 4 rings (SSSR count). The zero-order valence-corrected chi connectivity index (χ0v) is 19.0. The molecule has 0 bridgehead atoms. The van der Waals surface area contributed by atoms with E-state index in [1.165, 1.54) is 5.56 Å². The van der Waals surface area contributed by atoms with Crippen molar-refractivity contribution in [2.75, 3.05) is 33.3 Å². The van der Waals surface area contributed by atoms with Crippen LogP contribution in [0.4, 0.5) is 0 Å². The minimum absolute atomic E-state index is 0.105. The normalized spacial score (nSPS) is 20.1. The van der Waals surface area contributed by atoms with E-state index in [4.69, 9.17) is 4.74 Å². The van der Waals surface area contributed by atoms with Crippen LogP contribution in [0, 0.1) is 6.92 Å². The number of carbonyl (C=O) groups excluding carboxylic acids is 1. The van der Waals surface area contributed by atoms with Gasteiger partial charge in [-0.2, -0.15) is 4.31 Å². The highest BCUT2D eigenvalue weighted by atomic mass is 32.2. The fourth-order valence-corrected chi connectivity index (χ4v) is 6.30. The summed E-state index contributed by atoms with van der Waals surface area (Å²) in [5.74, 6) is 0.986. The molecule has 0 aromatic heterocycles. The monoisotopic (exact) mass is 442 g/mol. The highest BCUT2D eigenvalue weighted by molar-refractivity contribution is 7.89. The molecule has 166 valence electrons. The van der Waals surface area contributed by atoms with Gasteiger partial charge in [0.15, 0.2) is 0 Å². The second kappa shape index (κ2) is 9.01. The Morgan fingerprint density at radius 2 is 1.71 bits per heavy atom. The first-order valence-electron chi connectivity index (χ1n) is 10.9. The molecule has 2 heterocycles. The zero-order valence-electron chi connectivity index (χ0n) is 18.2. The molecule has 1 atom stereocenters. The second-order valence-corrected chi connectivity index (χ2v) is 10.4. The molecule has 2 aromatic rings. The number of carbonyl (C=O) groups is 1. The van der Waals surface area contributed by atoms with Gasteiger partial charge in [0.05, 0.1) is 12.0 Å². The van der Waals surface area contributed by atoms with Crippen molar-refractivity contribution in [3.8, 4) is 5.75 Å². The van der Waals surface area contributed by atoms with Crippen LogP contribution in [0.1, 0.15) is 53.1 Å². The zero-order chi connectivity index (χ0) is 22.0. The number of hydrogen-bond donors (Lipinski definition) is 0. The maximum atomic E-state index is 13.2. The minimum atomic E-state index is -3.58. The molecule has 7 heteroatoms. The molecule has 2 aromatic carbocycles. The molecule has 1 unspecified atom stereocenters. The number of nitrogens with zero attached hydrogens (tertiary/aromatic N) is 2. The summed E-state index contributed by atoms with van der Waals surface area (Å²) in [6, 6.07) is 13.0. The van der Waals surface area contributed by atoms with Gasteiger partial charge in [0.25, 0.3) is 5.91 Å². The number of hydrogen-bond acceptors (Lipinski definition) is 4. The Hall–Kier alpha value is -2.38. The van der Waals surface area contributed by atoms with Crippen LogP contribution in [0.15, 0.2) is 47.4 Å². The molecule has 2 fully saturated rings. The Kier molecular flexibility index (Phi) is 6.34. The molecule has 0 saturated carbocycles. The lowest BCUT2D eigenvalue weighted by atomic mass is 9.98. The number of sulfonamides is 1. The lowest BCUT2D eigenvalue weighted by molar-refractivity contribution is 0.0790. The van der Waals surface area contributed by atoms with E-state index >= 15 is 0 Å². The lowest BCUT2D eigenvalue weighted by Crippen LogP contribution is -2.36. The van der Waals surface area contributed by atoms with E-state index in [0.29, 0.717) is 37.3 Å². The third-order valence-electron chi connectivity index (χ3n) is 6.43. The van der Waals surface area contributed by atoms with Gasteiger partial charge in [-0.1, -0.05) is 24.6 Å². The first-order chi connectivity index (χ1) is 14.9.